The van der Waals surface area contributed by atoms with Crippen LogP contribution in [0.25, 0.3) is 5.70 Å². The van der Waals surface area contributed by atoms with Gasteiger partial charge in [0.25, 0.3) is 0 Å². The SMILES string of the molecule is CCOC(=O)C1=C(c2ccccc2)NC(SCc2ccc(Br)cc2)=N[C@@H]1c1ccccc1. The number of carbonyl (C=O) groups excluding carboxylic acids is 1. The highest BCUT2D eigenvalue weighted by Crippen LogP contribution is 2.36. The average Bonchev–Trinajstić information content (AvgIpc) is 2.84. The van der Waals surface area contributed by atoms with Crippen molar-refractivity contribution in [2.24, 2.45) is 4.99 Å². The van der Waals surface area contributed by atoms with E-state index in [2.05, 4.69) is 33.4 Å². The van der Waals surface area contributed by atoms with Crippen molar-refractivity contribution in [2.45, 2.75) is 18.7 Å². The zero-order valence-corrected chi connectivity index (χ0v) is 20.0. The van der Waals surface area contributed by atoms with Gasteiger partial charge in [0.05, 0.1) is 17.9 Å². The molecular weight excluding hydrogens is 484 g/mol. The summed E-state index contributed by atoms with van der Waals surface area (Å²) in [6, 6.07) is 27.6. The molecular formula is C26H23BrN2O2S. The van der Waals surface area contributed by atoms with Gasteiger partial charge >= 0.3 is 5.97 Å². The largest absolute Gasteiger partial charge is 0.463 e. The lowest BCUT2D eigenvalue weighted by atomic mass is 9.94. The fourth-order valence-electron chi connectivity index (χ4n) is 3.46. The number of ether oxygens (including phenoxy) is 1. The molecule has 0 spiro atoms. The predicted octanol–water partition coefficient (Wildman–Crippen LogP) is 6.36. The molecule has 1 N–H and O–H groups in total. The lowest BCUT2D eigenvalue weighted by Crippen LogP contribution is -2.31. The Labute approximate surface area is 200 Å². The maximum absolute atomic E-state index is 13.1. The monoisotopic (exact) mass is 506 g/mol. The molecule has 0 bridgehead atoms. The lowest BCUT2D eigenvalue weighted by molar-refractivity contribution is -0.138. The van der Waals surface area contributed by atoms with E-state index in [9.17, 15) is 4.79 Å². The highest BCUT2D eigenvalue weighted by Gasteiger charge is 2.32. The molecule has 0 radical (unpaired) electrons. The quantitative estimate of drug-likeness (QED) is 0.395. The van der Waals surface area contributed by atoms with E-state index in [1.807, 2.05) is 79.7 Å². The molecule has 4 nitrogen and oxygen atoms in total. The molecule has 0 saturated heterocycles. The number of benzene rings is 3. The number of amidine groups is 1. The third-order valence-corrected chi connectivity index (χ3v) is 6.47. The predicted molar refractivity (Wildman–Crippen MR) is 135 cm³/mol. The molecule has 0 saturated carbocycles. The Morgan fingerprint density at radius 1 is 1.00 bits per heavy atom. The van der Waals surface area contributed by atoms with Gasteiger partial charge in [0.15, 0.2) is 5.17 Å². The molecule has 0 fully saturated rings. The van der Waals surface area contributed by atoms with Gasteiger partial charge in [-0.25, -0.2) is 9.79 Å². The summed E-state index contributed by atoms with van der Waals surface area (Å²) in [5, 5.41) is 4.19. The number of hydrogen-bond acceptors (Lipinski definition) is 5. The summed E-state index contributed by atoms with van der Waals surface area (Å²) in [6.45, 7) is 2.12. The summed E-state index contributed by atoms with van der Waals surface area (Å²) in [5.41, 5.74) is 4.34. The molecule has 1 atom stereocenters. The van der Waals surface area contributed by atoms with Crippen molar-refractivity contribution < 1.29 is 9.53 Å². The van der Waals surface area contributed by atoms with Crippen LogP contribution in [0, 0.1) is 0 Å². The number of aliphatic imine (C=N–C) groups is 1. The Morgan fingerprint density at radius 3 is 2.31 bits per heavy atom. The van der Waals surface area contributed by atoms with Gasteiger partial charge in [0.1, 0.15) is 6.04 Å². The molecule has 0 aromatic heterocycles. The molecule has 1 aliphatic rings. The summed E-state index contributed by atoms with van der Waals surface area (Å²) in [6.07, 6.45) is 0. The van der Waals surface area contributed by atoms with Gasteiger partial charge in [-0.05, 0) is 35.7 Å². The minimum absolute atomic E-state index is 0.306. The second-order valence-corrected chi connectivity index (χ2v) is 9.04. The number of hydrogen-bond donors (Lipinski definition) is 1. The van der Waals surface area contributed by atoms with Gasteiger partial charge in [-0.15, -0.1) is 0 Å². The van der Waals surface area contributed by atoms with E-state index in [1.165, 1.54) is 5.56 Å². The van der Waals surface area contributed by atoms with Crippen LogP contribution in [0.4, 0.5) is 0 Å². The number of nitrogens with one attached hydrogen (secondary N) is 1. The van der Waals surface area contributed by atoms with E-state index in [4.69, 9.17) is 9.73 Å². The smallest absolute Gasteiger partial charge is 0.338 e. The van der Waals surface area contributed by atoms with Crippen molar-refractivity contribution in [2.75, 3.05) is 6.61 Å². The Morgan fingerprint density at radius 2 is 1.66 bits per heavy atom. The highest BCUT2D eigenvalue weighted by atomic mass is 79.9. The molecule has 3 aromatic rings. The maximum atomic E-state index is 13.1. The molecule has 0 unspecified atom stereocenters. The Hall–Kier alpha value is -2.83. The minimum atomic E-state index is -0.445. The summed E-state index contributed by atoms with van der Waals surface area (Å²) in [4.78, 5) is 18.0. The van der Waals surface area contributed by atoms with Crippen LogP contribution in [0.2, 0.25) is 0 Å². The lowest BCUT2D eigenvalue weighted by Gasteiger charge is -2.27. The topological polar surface area (TPSA) is 50.7 Å². The molecule has 1 aliphatic heterocycles. The summed E-state index contributed by atoms with van der Waals surface area (Å²) in [7, 11) is 0. The average molecular weight is 507 g/mol. The number of halogens is 1. The van der Waals surface area contributed by atoms with Crippen LogP contribution >= 0.6 is 27.7 Å². The van der Waals surface area contributed by atoms with Crippen LogP contribution < -0.4 is 5.32 Å². The third kappa shape index (κ3) is 5.31. The van der Waals surface area contributed by atoms with E-state index < -0.39 is 6.04 Å². The van der Waals surface area contributed by atoms with E-state index in [0.717, 1.165) is 32.2 Å². The van der Waals surface area contributed by atoms with Crippen molar-refractivity contribution in [1.29, 1.82) is 0 Å². The van der Waals surface area contributed by atoms with Crippen LogP contribution in [0.1, 0.15) is 29.7 Å². The standard InChI is InChI=1S/C26H23BrN2O2S/c1-2-31-25(30)22-23(19-9-5-3-6-10-19)28-26(29-24(22)20-11-7-4-8-12-20)32-17-18-13-15-21(27)16-14-18/h3-16,23H,2,17H2,1H3,(H,28,29)/t23-/m1/s1. The van der Waals surface area contributed by atoms with Gasteiger partial charge in [0.2, 0.25) is 0 Å². The van der Waals surface area contributed by atoms with Crippen LogP contribution in [0.3, 0.4) is 0 Å². The summed E-state index contributed by atoms with van der Waals surface area (Å²) < 4.78 is 6.50. The van der Waals surface area contributed by atoms with Crippen molar-refractivity contribution in [3.8, 4) is 0 Å². The van der Waals surface area contributed by atoms with Crippen LogP contribution in [0.5, 0.6) is 0 Å². The van der Waals surface area contributed by atoms with Crippen molar-refractivity contribution in [3.05, 3.63) is 112 Å². The molecule has 32 heavy (non-hydrogen) atoms. The maximum Gasteiger partial charge on any atom is 0.338 e. The second-order valence-electron chi connectivity index (χ2n) is 7.16. The van der Waals surface area contributed by atoms with Crippen LogP contribution in [-0.4, -0.2) is 17.7 Å². The number of nitrogens with zero attached hydrogens (tertiary/aromatic N) is 1. The van der Waals surface area contributed by atoms with Crippen molar-refractivity contribution >= 4 is 44.5 Å². The van der Waals surface area contributed by atoms with Gasteiger partial charge in [-0.2, -0.15) is 0 Å². The summed E-state index contributed by atoms with van der Waals surface area (Å²) >= 11 is 5.10. The first-order valence-corrected chi connectivity index (χ1v) is 12.2. The number of thioether (sulfide) groups is 1. The van der Waals surface area contributed by atoms with Gasteiger partial charge in [0, 0.05) is 10.2 Å². The van der Waals surface area contributed by atoms with Crippen LogP contribution in [-0.2, 0) is 15.3 Å². The third-order valence-electron chi connectivity index (χ3n) is 4.98. The zero-order valence-electron chi connectivity index (χ0n) is 17.6. The molecule has 1 heterocycles. The summed E-state index contributed by atoms with van der Waals surface area (Å²) in [5.74, 6) is 0.408. The zero-order chi connectivity index (χ0) is 22.3. The number of rotatable bonds is 6. The van der Waals surface area contributed by atoms with E-state index >= 15 is 0 Å². The Bertz CT molecular complexity index is 1130. The molecule has 162 valence electrons. The van der Waals surface area contributed by atoms with E-state index in [0.29, 0.717) is 12.2 Å². The van der Waals surface area contributed by atoms with E-state index in [1.54, 1.807) is 11.8 Å². The molecule has 3 aromatic carbocycles. The van der Waals surface area contributed by atoms with Crippen LogP contribution in [0.15, 0.2) is 100.0 Å². The molecule has 4 rings (SSSR count). The Balaban J connectivity index is 1.74. The van der Waals surface area contributed by atoms with E-state index in [-0.39, 0.29) is 5.97 Å². The first kappa shape index (κ1) is 22.4. The highest BCUT2D eigenvalue weighted by molar-refractivity contribution is 9.10. The van der Waals surface area contributed by atoms with Gasteiger partial charge in [-0.3, -0.25) is 0 Å². The Kier molecular flexibility index (Phi) is 7.45. The number of carbonyl (C=O) groups is 1. The first-order chi connectivity index (χ1) is 15.7. The van der Waals surface area contributed by atoms with Crippen molar-refractivity contribution in [1.82, 2.24) is 5.32 Å². The molecule has 0 amide bonds. The fourth-order valence-corrected chi connectivity index (χ4v) is 4.58. The van der Waals surface area contributed by atoms with Gasteiger partial charge < -0.3 is 10.1 Å². The number of esters is 1. The first-order valence-electron chi connectivity index (χ1n) is 10.4. The fraction of sp³-hybridized carbons (Fsp3) is 0.154. The second kappa shape index (κ2) is 10.7. The normalized spacial score (nSPS) is 15.7. The minimum Gasteiger partial charge on any atom is -0.463 e. The molecule has 0 aliphatic carbocycles. The van der Waals surface area contributed by atoms with Gasteiger partial charge in [-0.1, -0.05) is 100 Å². The molecule has 6 heteroatoms. The van der Waals surface area contributed by atoms with Crippen molar-refractivity contribution in [3.63, 3.8) is 0 Å².